The SMILES string of the molecule is CC(C)S(=O)(=O)c1cccc(OCC(O)CNC(=O)O[C@H]2COC3(CCN(S(=O)(=O)c4cnc5cc[nH]c5c4)CC3)C2)c1. The van der Waals surface area contributed by atoms with Crippen LogP contribution in [-0.4, -0.2) is 98.2 Å². The molecule has 4 heterocycles. The summed E-state index contributed by atoms with van der Waals surface area (Å²) in [7, 11) is -7.19. The molecule has 5 rings (SSSR count). The second kappa shape index (κ2) is 12.4. The van der Waals surface area contributed by atoms with Gasteiger partial charge in [-0.15, -0.1) is 0 Å². The molecule has 1 unspecified atom stereocenters. The Morgan fingerprint density at radius 1 is 1.19 bits per heavy atom. The van der Waals surface area contributed by atoms with Gasteiger partial charge in [-0.05, 0) is 57.0 Å². The molecule has 234 valence electrons. The predicted octanol–water partition coefficient (Wildman–Crippen LogP) is 2.22. The number of carbonyl (C=O) groups excluding carboxylic acids is 1. The van der Waals surface area contributed by atoms with Gasteiger partial charge >= 0.3 is 6.09 Å². The molecule has 15 heteroatoms. The van der Waals surface area contributed by atoms with Gasteiger partial charge in [0.2, 0.25) is 10.0 Å². The highest BCUT2D eigenvalue weighted by atomic mass is 32.2. The Morgan fingerprint density at radius 2 is 1.95 bits per heavy atom. The molecule has 2 fully saturated rings. The highest BCUT2D eigenvalue weighted by Crippen LogP contribution is 2.38. The standard InChI is InChI=1S/C28H36N4O9S2/c1-19(2)42(35,36)23-5-3-4-21(12-23)39-17-20(33)15-31-27(34)41-22-14-28(40-18-22)7-10-32(11-8-28)43(37,38)24-13-26-25(30-16-24)6-9-29-26/h3-6,9,12-13,16,19-20,22,29,33H,7-8,10-11,14-15,17-18H2,1-2H3,(H,31,34)/t20?,22-/m1/s1. The number of nitrogens with zero attached hydrogens (tertiary/aromatic N) is 2. The van der Waals surface area contributed by atoms with E-state index in [-0.39, 0.29) is 48.4 Å². The Labute approximate surface area is 250 Å². The number of piperidine rings is 1. The number of ether oxygens (including phenoxy) is 3. The number of amides is 1. The zero-order valence-electron chi connectivity index (χ0n) is 23.9. The van der Waals surface area contributed by atoms with Crippen LogP contribution in [0.15, 0.2) is 58.6 Å². The highest BCUT2D eigenvalue weighted by molar-refractivity contribution is 7.92. The van der Waals surface area contributed by atoms with Gasteiger partial charge in [0.25, 0.3) is 0 Å². The number of fused-ring (bicyclic) bond motifs is 1. The minimum absolute atomic E-state index is 0.129. The first-order chi connectivity index (χ1) is 20.4. The molecular formula is C28H36N4O9S2. The van der Waals surface area contributed by atoms with E-state index < -0.39 is 49.0 Å². The van der Waals surface area contributed by atoms with Crippen molar-refractivity contribution in [1.29, 1.82) is 0 Å². The number of aliphatic hydroxyl groups is 1. The Morgan fingerprint density at radius 3 is 2.70 bits per heavy atom. The van der Waals surface area contributed by atoms with E-state index in [9.17, 15) is 26.7 Å². The molecule has 0 bridgehead atoms. The third-order valence-electron chi connectivity index (χ3n) is 7.77. The molecule has 2 saturated heterocycles. The first-order valence-electron chi connectivity index (χ1n) is 14.0. The molecule has 2 aliphatic rings. The third kappa shape index (κ3) is 6.96. The molecule has 0 saturated carbocycles. The number of nitrogens with one attached hydrogen (secondary N) is 2. The zero-order chi connectivity index (χ0) is 30.8. The van der Waals surface area contributed by atoms with E-state index in [1.54, 1.807) is 44.3 Å². The van der Waals surface area contributed by atoms with Crippen molar-refractivity contribution in [2.45, 2.75) is 66.0 Å². The first-order valence-corrected chi connectivity index (χ1v) is 17.0. The fraction of sp³-hybridized carbons (Fsp3) is 0.500. The van der Waals surface area contributed by atoms with Gasteiger partial charge in [0.1, 0.15) is 29.5 Å². The molecule has 2 atom stereocenters. The molecule has 0 aliphatic carbocycles. The van der Waals surface area contributed by atoms with E-state index in [2.05, 4.69) is 15.3 Å². The highest BCUT2D eigenvalue weighted by Gasteiger charge is 2.46. The van der Waals surface area contributed by atoms with Crippen LogP contribution >= 0.6 is 0 Å². The maximum atomic E-state index is 13.2. The van der Waals surface area contributed by atoms with Gasteiger partial charge in [0, 0.05) is 31.9 Å². The van der Waals surface area contributed by atoms with Crippen LogP contribution in [0, 0.1) is 0 Å². The number of aromatic amines is 1. The molecule has 2 aliphatic heterocycles. The molecule has 43 heavy (non-hydrogen) atoms. The number of H-pyrrole nitrogens is 1. The number of aliphatic hydroxyl groups excluding tert-OH is 1. The number of alkyl carbamates (subject to hydrolysis) is 1. The summed E-state index contributed by atoms with van der Waals surface area (Å²) in [6, 6.07) is 9.39. The van der Waals surface area contributed by atoms with Crippen molar-refractivity contribution in [2.75, 3.05) is 32.8 Å². The zero-order valence-corrected chi connectivity index (χ0v) is 25.6. The lowest BCUT2D eigenvalue weighted by molar-refractivity contribution is -0.0325. The summed E-state index contributed by atoms with van der Waals surface area (Å²) in [6.45, 7) is 3.60. The van der Waals surface area contributed by atoms with Crippen molar-refractivity contribution >= 4 is 37.0 Å². The topological polar surface area (TPSA) is 177 Å². The van der Waals surface area contributed by atoms with Crippen LogP contribution in [0.2, 0.25) is 0 Å². The van der Waals surface area contributed by atoms with E-state index in [4.69, 9.17) is 14.2 Å². The number of rotatable bonds is 10. The predicted molar refractivity (Wildman–Crippen MR) is 156 cm³/mol. The van der Waals surface area contributed by atoms with Gasteiger partial charge in [0.15, 0.2) is 9.84 Å². The van der Waals surface area contributed by atoms with Crippen molar-refractivity contribution in [1.82, 2.24) is 19.6 Å². The van der Waals surface area contributed by atoms with E-state index in [1.807, 2.05) is 0 Å². The number of sulfone groups is 1. The number of hydrogen-bond donors (Lipinski definition) is 3. The van der Waals surface area contributed by atoms with Crippen molar-refractivity contribution in [3.8, 4) is 5.75 Å². The molecule has 1 aromatic carbocycles. The fourth-order valence-electron chi connectivity index (χ4n) is 5.22. The third-order valence-corrected chi connectivity index (χ3v) is 11.8. The number of sulfonamides is 1. The van der Waals surface area contributed by atoms with Crippen LogP contribution in [0.3, 0.4) is 0 Å². The van der Waals surface area contributed by atoms with Gasteiger partial charge in [-0.3, -0.25) is 4.98 Å². The summed E-state index contributed by atoms with van der Waals surface area (Å²) >= 11 is 0. The number of carbonyl (C=O) groups is 1. The molecule has 1 amide bonds. The van der Waals surface area contributed by atoms with Gasteiger partial charge in [-0.2, -0.15) is 4.31 Å². The van der Waals surface area contributed by atoms with Gasteiger partial charge < -0.3 is 29.6 Å². The fourth-order valence-corrected chi connectivity index (χ4v) is 7.73. The van der Waals surface area contributed by atoms with E-state index in [0.29, 0.717) is 30.3 Å². The maximum absolute atomic E-state index is 13.2. The summed E-state index contributed by atoms with van der Waals surface area (Å²) in [5.74, 6) is 0.286. The second-order valence-corrected chi connectivity index (χ2v) is 15.6. The Kier molecular flexibility index (Phi) is 9.00. The number of aromatic nitrogens is 2. The average molecular weight is 637 g/mol. The van der Waals surface area contributed by atoms with Crippen LogP contribution < -0.4 is 10.1 Å². The van der Waals surface area contributed by atoms with Crippen LogP contribution in [0.4, 0.5) is 4.79 Å². The van der Waals surface area contributed by atoms with Crippen LogP contribution in [0.1, 0.15) is 33.1 Å². The second-order valence-electron chi connectivity index (χ2n) is 11.1. The summed E-state index contributed by atoms with van der Waals surface area (Å²) < 4.78 is 69.6. The maximum Gasteiger partial charge on any atom is 0.407 e. The summed E-state index contributed by atoms with van der Waals surface area (Å²) in [4.78, 5) is 19.8. The van der Waals surface area contributed by atoms with Gasteiger partial charge in [-0.25, -0.2) is 21.6 Å². The molecule has 2 aromatic heterocycles. The Hall–Kier alpha value is -3.24. The van der Waals surface area contributed by atoms with Crippen LogP contribution in [-0.2, 0) is 29.3 Å². The van der Waals surface area contributed by atoms with E-state index >= 15 is 0 Å². The van der Waals surface area contributed by atoms with E-state index in [1.165, 1.54) is 22.6 Å². The quantitative estimate of drug-likeness (QED) is 0.299. The number of pyridine rings is 1. The number of hydrogen-bond acceptors (Lipinski definition) is 10. The molecule has 1 spiro atoms. The van der Waals surface area contributed by atoms with Crippen molar-refractivity contribution in [3.63, 3.8) is 0 Å². The number of benzene rings is 1. The lowest BCUT2D eigenvalue weighted by atomic mass is 9.89. The molecular weight excluding hydrogens is 600 g/mol. The molecule has 3 aromatic rings. The molecule has 3 N–H and O–H groups in total. The van der Waals surface area contributed by atoms with Crippen molar-refractivity contribution in [3.05, 3.63) is 48.8 Å². The Balaban J connectivity index is 1.05. The summed E-state index contributed by atoms with van der Waals surface area (Å²) in [6.07, 6.45) is 2.13. The minimum atomic E-state index is -3.72. The van der Waals surface area contributed by atoms with Gasteiger partial charge in [0.05, 0.1) is 39.9 Å². The van der Waals surface area contributed by atoms with Gasteiger partial charge in [-0.1, -0.05) is 6.07 Å². The lowest BCUT2D eigenvalue weighted by Crippen LogP contribution is -2.46. The minimum Gasteiger partial charge on any atom is -0.491 e. The van der Waals surface area contributed by atoms with Crippen molar-refractivity contribution in [2.24, 2.45) is 0 Å². The normalized spacial score (nSPS) is 20.0. The lowest BCUT2D eigenvalue weighted by Gasteiger charge is -2.37. The average Bonchev–Trinajstić information content (AvgIpc) is 3.61. The van der Waals surface area contributed by atoms with Crippen LogP contribution in [0.5, 0.6) is 5.75 Å². The largest absolute Gasteiger partial charge is 0.491 e. The van der Waals surface area contributed by atoms with Crippen LogP contribution in [0.25, 0.3) is 11.0 Å². The Bertz CT molecular complexity index is 1670. The monoisotopic (exact) mass is 636 g/mol. The molecule has 0 radical (unpaired) electrons. The first kappa shape index (κ1) is 31.2. The van der Waals surface area contributed by atoms with Crippen molar-refractivity contribution < 1.29 is 40.9 Å². The smallest absolute Gasteiger partial charge is 0.407 e. The summed E-state index contributed by atoms with van der Waals surface area (Å²) in [5, 5.41) is 12.2. The molecule has 13 nitrogen and oxygen atoms in total. The summed E-state index contributed by atoms with van der Waals surface area (Å²) in [5.41, 5.74) is 0.761. The van der Waals surface area contributed by atoms with E-state index in [0.717, 1.165) is 0 Å².